The van der Waals surface area contributed by atoms with Crippen molar-refractivity contribution in [2.75, 3.05) is 0 Å². The summed E-state index contributed by atoms with van der Waals surface area (Å²) in [6, 6.07) is 2.97. The Hall–Kier alpha value is -0.210. The van der Waals surface area contributed by atoms with Crippen LogP contribution >= 0.6 is 38.5 Å². The molecule has 0 aliphatic rings. The second kappa shape index (κ2) is 4.34. The van der Waals surface area contributed by atoms with Gasteiger partial charge in [-0.2, -0.15) is 0 Å². The predicted molar refractivity (Wildman–Crippen MR) is 61.4 cm³/mol. The van der Waals surface area contributed by atoms with Crippen molar-refractivity contribution in [2.45, 2.75) is 6.54 Å². The Morgan fingerprint density at radius 2 is 2.23 bits per heavy atom. The number of hydrogen-bond acceptors (Lipinski definition) is 3. The Balaban J connectivity index is 3.30. The predicted octanol–water partition coefficient (Wildman–Crippen LogP) is 2.42. The maximum absolute atomic E-state index is 10.5. The van der Waals surface area contributed by atoms with Crippen molar-refractivity contribution in [3.05, 3.63) is 35.9 Å². The van der Waals surface area contributed by atoms with Crippen molar-refractivity contribution in [2.24, 2.45) is 5.73 Å². The second-order valence-electron chi connectivity index (χ2n) is 2.36. The van der Waals surface area contributed by atoms with Crippen molar-refractivity contribution >= 4 is 44.2 Å². The van der Waals surface area contributed by atoms with E-state index in [-0.39, 0.29) is 5.69 Å². The highest BCUT2D eigenvalue weighted by Gasteiger charge is 2.12. The Labute approximate surface area is 96.9 Å². The molecule has 6 heteroatoms. The summed E-state index contributed by atoms with van der Waals surface area (Å²) < 4.78 is 1.63. The van der Waals surface area contributed by atoms with Gasteiger partial charge in [0.2, 0.25) is 0 Å². The molecule has 0 heterocycles. The monoisotopic (exact) mass is 356 g/mol. The van der Waals surface area contributed by atoms with Crippen LogP contribution in [0.15, 0.2) is 16.6 Å². The van der Waals surface area contributed by atoms with Gasteiger partial charge in [-0.1, -0.05) is 0 Å². The molecule has 0 aromatic heterocycles. The first-order valence-electron chi connectivity index (χ1n) is 3.38. The molecule has 0 unspecified atom stereocenters. The fourth-order valence-electron chi connectivity index (χ4n) is 0.884. The van der Waals surface area contributed by atoms with Gasteiger partial charge in [-0.15, -0.1) is 0 Å². The molecule has 13 heavy (non-hydrogen) atoms. The van der Waals surface area contributed by atoms with Crippen molar-refractivity contribution in [1.82, 2.24) is 0 Å². The van der Waals surface area contributed by atoms with Gasteiger partial charge in [-0.3, -0.25) is 10.1 Å². The van der Waals surface area contributed by atoms with Gasteiger partial charge in [0, 0.05) is 26.7 Å². The number of halogens is 2. The summed E-state index contributed by atoms with van der Waals surface area (Å²) in [5, 5.41) is 10.5. The Morgan fingerprint density at radius 3 is 2.69 bits per heavy atom. The molecule has 0 saturated heterocycles. The van der Waals surface area contributed by atoms with Gasteiger partial charge in [0.05, 0.1) is 4.92 Å². The number of nitro groups is 1. The molecule has 4 nitrogen and oxygen atoms in total. The zero-order chi connectivity index (χ0) is 10.0. The largest absolute Gasteiger partial charge is 0.326 e. The third-order valence-electron chi connectivity index (χ3n) is 1.52. The van der Waals surface area contributed by atoms with Gasteiger partial charge >= 0.3 is 0 Å². The molecule has 1 rings (SSSR count). The summed E-state index contributed by atoms with van der Waals surface area (Å²) in [6.45, 7) is 0.304. The van der Waals surface area contributed by atoms with E-state index in [9.17, 15) is 10.1 Å². The normalized spacial score (nSPS) is 10.1. The van der Waals surface area contributed by atoms with Crippen LogP contribution < -0.4 is 5.73 Å². The smallest absolute Gasteiger partial charge is 0.270 e. The topological polar surface area (TPSA) is 69.2 Å². The molecule has 0 atom stereocenters. The molecule has 1 aromatic rings. The fraction of sp³-hybridized carbons (Fsp3) is 0.143. The van der Waals surface area contributed by atoms with Crippen LogP contribution in [0.4, 0.5) is 5.69 Å². The molecule has 1 aromatic carbocycles. The van der Waals surface area contributed by atoms with E-state index in [1.165, 1.54) is 12.1 Å². The molecule has 0 aliphatic carbocycles. The first-order chi connectivity index (χ1) is 6.06. The van der Waals surface area contributed by atoms with E-state index in [0.29, 0.717) is 11.0 Å². The second-order valence-corrected chi connectivity index (χ2v) is 4.30. The minimum atomic E-state index is -0.431. The third kappa shape index (κ3) is 2.38. The third-order valence-corrected chi connectivity index (χ3v) is 4.16. The Bertz CT molecular complexity index is 357. The SMILES string of the molecule is NCc1cc([N+](=O)[O-])cc(Br)c1I. The Kier molecular flexibility index (Phi) is 3.63. The van der Waals surface area contributed by atoms with E-state index in [1.807, 2.05) is 0 Å². The Morgan fingerprint density at radius 1 is 1.62 bits per heavy atom. The molecule has 0 saturated carbocycles. The lowest BCUT2D eigenvalue weighted by atomic mass is 10.2. The number of nitrogens with zero attached hydrogens (tertiary/aromatic N) is 1. The van der Waals surface area contributed by atoms with Crippen LogP contribution in [0.1, 0.15) is 5.56 Å². The van der Waals surface area contributed by atoms with E-state index in [0.717, 1.165) is 9.13 Å². The van der Waals surface area contributed by atoms with E-state index in [1.54, 1.807) is 0 Å². The van der Waals surface area contributed by atoms with Crippen LogP contribution in [0.3, 0.4) is 0 Å². The first kappa shape index (κ1) is 10.9. The highest BCUT2D eigenvalue weighted by Crippen LogP contribution is 2.27. The fourth-order valence-corrected chi connectivity index (χ4v) is 1.90. The van der Waals surface area contributed by atoms with Crippen molar-refractivity contribution in [3.63, 3.8) is 0 Å². The summed E-state index contributed by atoms with van der Waals surface area (Å²) in [4.78, 5) is 10.0. The van der Waals surface area contributed by atoms with Crippen molar-refractivity contribution in [1.29, 1.82) is 0 Å². The van der Waals surface area contributed by atoms with Crippen LogP contribution in [0.25, 0.3) is 0 Å². The van der Waals surface area contributed by atoms with E-state index >= 15 is 0 Å². The quantitative estimate of drug-likeness (QED) is 0.502. The first-order valence-corrected chi connectivity index (χ1v) is 5.25. The van der Waals surface area contributed by atoms with Crippen LogP contribution in [-0.2, 0) is 6.54 Å². The van der Waals surface area contributed by atoms with Crippen LogP contribution in [-0.4, -0.2) is 4.92 Å². The molecule has 0 spiro atoms. The summed E-state index contributed by atoms with van der Waals surface area (Å²) in [6.07, 6.45) is 0. The van der Waals surface area contributed by atoms with Gasteiger partial charge in [0.1, 0.15) is 0 Å². The molecular weight excluding hydrogens is 351 g/mol. The lowest BCUT2D eigenvalue weighted by Gasteiger charge is -2.03. The minimum Gasteiger partial charge on any atom is -0.326 e. The zero-order valence-corrected chi connectivity index (χ0v) is 10.2. The maximum Gasteiger partial charge on any atom is 0.270 e. The van der Waals surface area contributed by atoms with Crippen molar-refractivity contribution < 1.29 is 4.92 Å². The molecule has 0 bridgehead atoms. The summed E-state index contributed by atoms with van der Waals surface area (Å²) in [5.74, 6) is 0. The van der Waals surface area contributed by atoms with Crippen LogP contribution in [0.2, 0.25) is 0 Å². The molecule has 0 aliphatic heterocycles. The molecular formula is C7H6BrIN2O2. The summed E-state index contributed by atoms with van der Waals surface area (Å²) in [7, 11) is 0. The highest BCUT2D eigenvalue weighted by molar-refractivity contribution is 14.1. The average Bonchev–Trinajstić information content (AvgIpc) is 2.09. The van der Waals surface area contributed by atoms with Crippen molar-refractivity contribution in [3.8, 4) is 0 Å². The lowest BCUT2D eigenvalue weighted by Crippen LogP contribution is -2.01. The molecule has 0 fully saturated rings. The van der Waals surface area contributed by atoms with Gasteiger partial charge in [-0.05, 0) is 44.1 Å². The van der Waals surface area contributed by atoms with Gasteiger partial charge in [0.15, 0.2) is 0 Å². The number of non-ortho nitro benzene ring substituents is 1. The number of nitro benzene ring substituents is 1. The highest BCUT2D eigenvalue weighted by atomic mass is 127. The number of rotatable bonds is 2. The van der Waals surface area contributed by atoms with E-state index in [4.69, 9.17) is 5.73 Å². The standard InChI is InChI=1S/C7H6BrIN2O2/c8-6-2-5(11(12)13)1-4(3-10)7(6)9/h1-2H,3,10H2. The zero-order valence-electron chi connectivity index (χ0n) is 6.46. The molecule has 0 radical (unpaired) electrons. The van der Waals surface area contributed by atoms with Crippen LogP contribution in [0, 0.1) is 13.7 Å². The number of benzene rings is 1. The molecule has 70 valence electrons. The van der Waals surface area contributed by atoms with Gasteiger partial charge in [0.25, 0.3) is 5.69 Å². The minimum absolute atomic E-state index is 0.0627. The average molecular weight is 357 g/mol. The lowest BCUT2D eigenvalue weighted by molar-refractivity contribution is -0.385. The molecule has 0 amide bonds. The van der Waals surface area contributed by atoms with Crippen LogP contribution in [0.5, 0.6) is 0 Å². The van der Waals surface area contributed by atoms with E-state index in [2.05, 4.69) is 38.5 Å². The van der Waals surface area contributed by atoms with E-state index < -0.39 is 4.92 Å². The number of hydrogen-bond donors (Lipinski definition) is 1. The van der Waals surface area contributed by atoms with Gasteiger partial charge in [-0.25, -0.2) is 0 Å². The number of nitrogens with two attached hydrogens (primary N) is 1. The van der Waals surface area contributed by atoms with Gasteiger partial charge < -0.3 is 5.73 Å². The summed E-state index contributed by atoms with van der Waals surface area (Å²) in [5.41, 5.74) is 6.28. The maximum atomic E-state index is 10.5. The summed E-state index contributed by atoms with van der Waals surface area (Å²) >= 11 is 5.33. The molecule has 2 N–H and O–H groups in total.